The van der Waals surface area contributed by atoms with Crippen molar-refractivity contribution >= 4 is 58.1 Å². The first-order valence-corrected chi connectivity index (χ1v) is 11.5. The van der Waals surface area contributed by atoms with Gasteiger partial charge in [-0.2, -0.15) is 0 Å². The third-order valence-corrected chi connectivity index (χ3v) is 5.29. The first-order chi connectivity index (χ1) is 17.2. The van der Waals surface area contributed by atoms with Gasteiger partial charge in [-0.3, -0.25) is 19.2 Å². The first kappa shape index (κ1) is 26.7. The Morgan fingerprint density at radius 1 is 0.778 bits per heavy atom. The maximum absolute atomic E-state index is 12.1. The summed E-state index contributed by atoms with van der Waals surface area (Å²) in [6, 6.07) is 17.8. The highest BCUT2D eigenvalue weighted by Crippen LogP contribution is 2.32. The molecule has 0 saturated carbocycles. The van der Waals surface area contributed by atoms with E-state index >= 15 is 0 Å². The lowest BCUT2D eigenvalue weighted by molar-refractivity contribution is -0.147. The number of nitrogens with one attached hydrogen (secondary N) is 2. The number of ketones is 1. The number of amides is 2. The number of ether oxygens (including phenoxy) is 2. The molecular formula is C26H22Cl2N2O6. The van der Waals surface area contributed by atoms with E-state index in [0.717, 1.165) is 0 Å². The summed E-state index contributed by atoms with van der Waals surface area (Å²) in [7, 11) is 0. The zero-order chi connectivity index (χ0) is 26.1. The lowest BCUT2D eigenvalue weighted by Gasteiger charge is -2.10. The van der Waals surface area contributed by atoms with Crippen molar-refractivity contribution in [2.45, 2.75) is 19.8 Å². The molecule has 2 amide bonds. The minimum absolute atomic E-state index is 0.0867. The molecule has 186 valence electrons. The van der Waals surface area contributed by atoms with Gasteiger partial charge in [0.05, 0.1) is 11.4 Å². The zero-order valence-corrected chi connectivity index (χ0v) is 20.7. The van der Waals surface area contributed by atoms with Gasteiger partial charge in [0.1, 0.15) is 11.5 Å². The van der Waals surface area contributed by atoms with Gasteiger partial charge in [-0.15, -0.1) is 0 Å². The van der Waals surface area contributed by atoms with E-state index in [9.17, 15) is 19.2 Å². The second kappa shape index (κ2) is 12.7. The SMILES string of the molecule is CC(=O)c1ccc(NC(=O)COC(=O)CCC(=O)Nc2ccc(Oc3ccc(Cl)cc3Cl)cc2)cc1. The Balaban J connectivity index is 1.37. The Bertz CT molecular complexity index is 1260. The van der Waals surface area contributed by atoms with E-state index in [4.69, 9.17) is 32.7 Å². The van der Waals surface area contributed by atoms with E-state index in [1.807, 2.05) is 0 Å². The third kappa shape index (κ3) is 8.41. The van der Waals surface area contributed by atoms with Crippen LogP contribution in [-0.4, -0.2) is 30.2 Å². The lowest BCUT2D eigenvalue weighted by atomic mass is 10.1. The molecule has 0 fully saturated rings. The van der Waals surface area contributed by atoms with Gasteiger partial charge in [0.15, 0.2) is 12.4 Å². The van der Waals surface area contributed by atoms with Crippen molar-refractivity contribution in [2.75, 3.05) is 17.2 Å². The predicted molar refractivity (Wildman–Crippen MR) is 137 cm³/mol. The van der Waals surface area contributed by atoms with Gasteiger partial charge in [0.2, 0.25) is 5.91 Å². The number of benzene rings is 3. The molecule has 0 heterocycles. The maximum atomic E-state index is 12.1. The van der Waals surface area contributed by atoms with E-state index in [-0.39, 0.29) is 18.6 Å². The highest BCUT2D eigenvalue weighted by atomic mass is 35.5. The zero-order valence-electron chi connectivity index (χ0n) is 19.2. The summed E-state index contributed by atoms with van der Waals surface area (Å²) in [5.74, 6) is -0.751. The van der Waals surface area contributed by atoms with Crippen LogP contribution in [0.2, 0.25) is 10.0 Å². The van der Waals surface area contributed by atoms with Crippen molar-refractivity contribution in [1.82, 2.24) is 0 Å². The molecule has 10 heteroatoms. The number of carbonyl (C=O) groups is 4. The predicted octanol–water partition coefficient (Wildman–Crippen LogP) is 5.89. The van der Waals surface area contributed by atoms with Gasteiger partial charge >= 0.3 is 5.97 Å². The standard InChI is InChI=1S/C26H22Cl2N2O6/c1-16(31)17-2-5-19(6-3-17)30-25(33)15-35-26(34)13-12-24(32)29-20-7-9-21(10-8-20)36-23-11-4-18(27)14-22(23)28/h2-11,14H,12-13,15H2,1H3,(H,29,32)(H,30,33). The van der Waals surface area contributed by atoms with Crippen LogP contribution in [0.1, 0.15) is 30.1 Å². The largest absolute Gasteiger partial charge is 0.456 e. The van der Waals surface area contributed by atoms with Crippen LogP contribution >= 0.6 is 23.2 Å². The number of esters is 1. The Morgan fingerprint density at radius 2 is 1.39 bits per heavy atom. The average Bonchev–Trinajstić information content (AvgIpc) is 2.84. The number of anilines is 2. The molecule has 0 aliphatic heterocycles. The Kier molecular flexibility index (Phi) is 9.44. The molecule has 3 rings (SSSR count). The summed E-state index contributed by atoms with van der Waals surface area (Å²) >= 11 is 12.0. The molecule has 3 aromatic rings. The molecule has 0 bridgehead atoms. The molecule has 0 aliphatic rings. The molecule has 0 aromatic heterocycles. The molecule has 36 heavy (non-hydrogen) atoms. The molecule has 0 radical (unpaired) electrons. The molecule has 0 aliphatic carbocycles. The Hall–Kier alpha value is -3.88. The highest BCUT2D eigenvalue weighted by Gasteiger charge is 2.12. The molecule has 8 nitrogen and oxygen atoms in total. The number of Topliss-reactive ketones (excluding diaryl/α,β-unsaturated/α-hetero) is 1. The number of halogens is 2. The summed E-state index contributed by atoms with van der Waals surface area (Å²) in [6.45, 7) is 0.951. The quantitative estimate of drug-likeness (QED) is 0.250. The van der Waals surface area contributed by atoms with Crippen LogP contribution in [0.15, 0.2) is 66.7 Å². The van der Waals surface area contributed by atoms with Crippen LogP contribution in [-0.2, 0) is 19.1 Å². The number of hydrogen-bond acceptors (Lipinski definition) is 6. The fourth-order valence-corrected chi connectivity index (χ4v) is 3.38. The van der Waals surface area contributed by atoms with Crippen LogP contribution in [0.3, 0.4) is 0 Å². The molecular weight excluding hydrogens is 507 g/mol. The highest BCUT2D eigenvalue weighted by molar-refractivity contribution is 6.35. The Morgan fingerprint density at radius 3 is 2.00 bits per heavy atom. The van der Waals surface area contributed by atoms with Crippen molar-refractivity contribution in [3.8, 4) is 11.5 Å². The van der Waals surface area contributed by atoms with E-state index in [2.05, 4.69) is 10.6 Å². The Labute approximate surface area is 217 Å². The fraction of sp³-hybridized carbons (Fsp3) is 0.154. The van der Waals surface area contributed by atoms with Gasteiger partial charge in [0.25, 0.3) is 5.91 Å². The minimum atomic E-state index is -0.684. The van der Waals surface area contributed by atoms with Crippen molar-refractivity contribution in [3.05, 3.63) is 82.3 Å². The van der Waals surface area contributed by atoms with Gasteiger partial charge < -0.3 is 20.1 Å². The van der Waals surface area contributed by atoms with Crippen LogP contribution < -0.4 is 15.4 Å². The fourth-order valence-electron chi connectivity index (χ4n) is 2.93. The number of hydrogen-bond donors (Lipinski definition) is 2. The maximum Gasteiger partial charge on any atom is 0.306 e. The summed E-state index contributed by atoms with van der Waals surface area (Å²) in [6.07, 6.45) is -0.311. The molecule has 3 aromatic carbocycles. The smallest absolute Gasteiger partial charge is 0.306 e. The topological polar surface area (TPSA) is 111 Å². The first-order valence-electron chi connectivity index (χ1n) is 10.8. The second-order valence-electron chi connectivity index (χ2n) is 7.59. The molecule has 0 spiro atoms. The van der Waals surface area contributed by atoms with E-state index in [1.165, 1.54) is 6.92 Å². The molecule has 0 atom stereocenters. The molecule has 0 unspecified atom stereocenters. The number of carbonyl (C=O) groups excluding carboxylic acids is 4. The van der Waals surface area contributed by atoms with E-state index in [1.54, 1.807) is 66.7 Å². The lowest BCUT2D eigenvalue weighted by Crippen LogP contribution is -2.21. The van der Waals surface area contributed by atoms with Crippen molar-refractivity contribution < 1.29 is 28.7 Å². The van der Waals surface area contributed by atoms with Gasteiger partial charge in [0, 0.05) is 28.4 Å². The third-order valence-electron chi connectivity index (χ3n) is 4.76. The summed E-state index contributed by atoms with van der Waals surface area (Å²) in [5, 5.41) is 6.09. The van der Waals surface area contributed by atoms with E-state index in [0.29, 0.717) is 38.5 Å². The monoisotopic (exact) mass is 528 g/mol. The van der Waals surface area contributed by atoms with Gasteiger partial charge in [-0.25, -0.2) is 0 Å². The second-order valence-corrected chi connectivity index (χ2v) is 8.44. The normalized spacial score (nSPS) is 10.3. The minimum Gasteiger partial charge on any atom is -0.456 e. The average molecular weight is 529 g/mol. The van der Waals surface area contributed by atoms with Crippen LogP contribution in [0, 0.1) is 0 Å². The summed E-state index contributed by atoms with van der Waals surface area (Å²) in [5.41, 5.74) is 1.50. The van der Waals surface area contributed by atoms with Gasteiger partial charge in [-0.1, -0.05) is 23.2 Å². The summed E-state index contributed by atoms with van der Waals surface area (Å²) < 4.78 is 10.6. The summed E-state index contributed by atoms with van der Waals surface area (Å²) in [4.78, 5) is 47.2. The van der Waals surface area contributed by atoms with Crippen LogP contribution in [0.25, 0.3) is 0 Å². The van der Waals surface area contributed by atoms with Crippen molar-refractivity contribution in [3.63, 3.8) is 0 Å². The molecule has 2 N–H and O–H groups in total. The number of rotatable bonds is 10. The van der Waals surface area contributed by atoms with E-state index < -0.39 is 24.4 Å². The molecule has 0 saturated heterocycles. The van der Waals surface area contributed by atoms with Crippen molar-refractivity contribution in [1.29, 1.82) is 0 Å². The van der Waals surface area contributed by atoms with Crippen molar-refractivity contribution in [2.24, 2.45) is 0 Å². The van der Waals surface area contributed by atoms with Gasteiger partial charge in [-0.05, 0) is 73.7 Å². The van der Waals surface area contributed by atoms with Crippen LogP contribution in [0.4, 0.5) is 11.4 Å². The van der Waals surface area contributed by atoms with Crippen LogP contribution in [0.5, 0.6) is 11.5 Å².